The van der Waals surface area contributed by atoms with E-state index in [1.54, 1.807) is 17.5 Å². The number of esters is 1. The van der Waals surface area contributed by atoms with Crippen molar-refractivity contribution < 1.29 is 27.8 Å². The number of rotatable bonds is 5. The van der Waals surface area contributed by atoms with Gasteiger partial charge in [0.1, 0.15) is 5.69 Å². The Hall–Kier alpha value is -2.36. The Morgan fingerprint density at radius 1 is 1.46 bits per heavy atom. The molecule has 0 bridgehead atoms. The Labute approximate surface area is 149 Å². The van der Waals surface area contributed by atoms with Gasteiger partial charge in [-0.05, 0) is 31.2 Å². The maximum atomic E-state index is 13.3. The Morgan fingerprint density at radius 3 is 2.65 bits per heavy atom. The second-order valence-electron chi connectivity index (χ2n) is 6.01. The van der Waals surface area contributed by atoms with Crippen molar-refractivity contribution in [1.82, 2.24) is 9.78 Å². The summed E-state index contributed by atoms with van der Waals surface area (Å²) >= 11 is 1.17. The second kappa shape index (κ2) is 6.42. The van der Waals surface area contributed by atoms with Gasteiger partial charge >= 0.3 is 12.1 Å². The Morgan fingerprint density at radius 2 is 2.15 bits per heavy atom. The molecule has 0 amide bonds. The van der Waals surface area contributed by atoms with Gasteiger partial charge in [-0.1, -0.05) is 6.07 Å². The summed E-state index contributed by atoms with van der Waals surface area (Å²) in [6.45, 7) is 0.749. The van der Waals surface area contributed by atoms with Crippen molar-refractivity contribution in [3.63, 3.8) is 0 Å². The van der Waals surface area contributed by atoms with Crippen LogP contribution in [0.5, 0.6) is 5.75 Å². The van der Waals surface area contributed by atoms with E-state index in [2.05, 4.69) is 5.10 Å². The summed E-state index contributed by atoms with van der Waals surface area (Å²) in [6.07, 6.45) is -4.72. The monoisotopic (exact) mass is 388 g/mol. The van der Waals surface area contributed by atoms with Gasteiger partial charge < -0.3 is 9.84 Å². The predicted molar refractivity (Wildman–Crippen MR) is 87.2 cm³/mol. The fraction of sp³-hybridized carbons (Fsp3) is 0.438. The third-order valence-corrected chi connectivity index (χ3v) is 5.15. The molecule has 2 aromatic heterocycles. The molecule has 1 saturated carbocycles. The summed E-state index contributed by atoms with van der Waals surface area (Å²) < 4.78 is 45.2. The molecule has 1 N–H and O–H groups in total. The van der Waals surface area contributed by atoms with Crippen LogP contribution in [-0.2, 0) is 11.3 Å². The van der Waals surface area contributed by atoms with Gasteiger partial charge in [0.2, 0.25) is 0 Å². The molecule has 1 fully saturated rings. The number of carbonyl (C=O) groups excluding carboxylic acids is 1. The second-order valence-corrected chi connectivity index (χ2v) is 6.96. The van der Waals surface area contributed by atoms with Crippen LogP contribution in [0.3, 0.4) is 0 Å². The lowest BCUT2D eigenvalue weighted by Crippen LogP contribution is -2.37. The van der Waals surface area contributed by atoms with E-state index in [0.29, 0.717) is 9.56 Å². The van der Waals surface area contributed by atoms with Gasteiger partial charge in [0.15, 0.2) is 11.3 Å². The number of nitrogens with zero attached hydrogens (tertiary/aromatic N) is 2. The highest BCUT2D eigenvalue weighted by atomic mass is 32.1. The van der Waals surface area contributed by atoms with E-state index in [0.717, 1.165) is 0 Å². The number of carbonyl (C=O) groups is 1. The summed E-state index contributed by atoms with van der Waals surface area (Å²) in [5, 5.41) is 15.9. The van der Waals surface area contributed by atoms with E-state index in [1.807, 2.05) is 0 Å². The van der Waals surface area contributed by atoms with Crippen LogP contribution >= 0.6 is 11.3 Å². The van der Waals surface area contributed by atoms with Crippen LogP contribution in [0.2, 0.25) is 0 Å². The van der Waals surface area contributed by atoms with E-state index in [-0.39, 0.29) is 25.1 Å². The van der Waals surface area contributed by atoms with E-state index < -0.39 is 41.0 Å². The Kier molecular flexibility index (Phi) is 4.55. The van der Waals surface area contributed by atoms with Gasteiger partial charge in [0.05, 0.1) is 23.4 Å². The van der Waals surface area contributed by atoms with Gasteiger partial charge in [-0.3, -0.25) is 4.79 Å². The summed E-state index contributed by atoms with van der Waals surface area (Å²) in [5.41, 5.74) is -3.96. The molecule has 6 nitrogen and oxygen atoms in total. The summed E-state index contributed by atoms with van der Waals surface area (Å²) in [5.74, 6) is -1.79. The molecule has 1 aliphatic carbocycles. The van der Waals surface area contributed by atoms with E-state index in [4.69, 9.17) is 4.74 Å². The molecular weight excluding hydrogens is 373 g/mol. The van der Waals surface area contributed by atoms with Gasteiger partial charge in [0.25, 0.3) is 5.56 Å². The average Bonchev–Trinajstić information content (AvgIpc) is 3.15. The van der Waals surface area contributed by atoms with Gasteiger partial charge in [-0.25, -0.2) is 9.48 Å². The molecule has 0 aromatic carbocycles. The van der Waals surface area contributed by atoms with Crippen LogP contribution in [0.1, 0.15) is 30.1 Å². The number of hydrogen-bond donors (Lipinski definition) is 1. The van der Waals surface area contributed by atoms with Crippen LogP contribution in [0.15, 0.2) is 22.3 Å². The van der Waals surface area contributed by atoms with Gasteiger partial charge in [-0.2, -0.15) is 18.3 Å². The number of hydrogen-bond acceptors (Lipinski definition) is 6. The summed E-state index contributed by atoms with van der Waals surface area (Å²) in [4.78, 5) is 25.0. The number of aromatic hydroxyl groups is 1. The molecule has 3 rings (SSSR count). The molecule has 0 saturated heterocycles. The van der Waals surface area contributed by atoms with Crippen molar-refractivity contribution >= 4 is 17.3 Å². The van der Waals surface area contributed by atoms with Crippen molar-refractivity contribution in [1.29, 1.82) is 0 Å². The number of alkyl halides is 3. The lowest BCUT2D eigenvalue weighted by molar-refractivity contribution is -0.191. The molecule has 0 atom stereocenters. The first-order valence-corrected chi connectivity index (χ1v) is 8.70. The number of halogens is 3. The van der Waals surface area contributed by atoms with E-state index >= 15 is 0 Å². The topological polar surface area (TPSA) is 81.4 Å². The molecule has 1 aliphatic rings. The maximum absolute atomic E-state index is 13.3. The van der Waals surface area contributed by atoms with Crippen molar-refractivity contribution in [2.75, 3.05) is 6.61 Å². The Balaban J connectivity index is 2.15. The smallest absolute Gasteiger partial charge is 0.396 e. The molecule has 140 valence electrons. The minimum atomic E-state index is -4.49. The molecule has 26 heavy (non-hydrogen) atoms. The first-order valence-electron chi connectivity index (χ1n) is 7.82. The lowest BCUT2D eigenvalue weighted by atomic mass is 10.1. The normalized spacial score (nSPS) is 15.7. The van der Waals surface area contributed by atoms with Gasteiger partial charge in [0, 0.05) is 0 Å². The zero-order chi connectivity index (χ0) is 19.1. The average molecular weight is 388 g/mol. The van der Waals surface area contributed by atoms with Crippen molar-refractivity contribution in [2.24, 2.45) is 5.41 Å². The fourth-order valence-electron chi connectivity index (χ4n) is 2.60. The number of thiophene rings is 1. The van der Waals surface area contributed by atoms with Crippen molar-refractivity contribution in [2.45, 2.75) is 32.5 Å². The van der Waals surface area contributed by atoms with Crippen LogP contribution in [0, 0.1) is 5.41 Å². The SMILES string of the molecule is CCOC(=O)c1c(O)c(-c2cccs2)nn(CC2(C(F)(F)F)CC2)c1=O. The van der Waals surface area contributed by atoms with E-state index in [1.165, 1.54) is 18.3 Å². The van der Waals surface area contributed by atoms with Crippen LogP contribution < -0.4 is 5.56 Å². The summed E-state index contributed by atoms with van der Waals surface area (Å²) in [6, 6.07) is 3.23. The third-order valence-electron chi connectivity index (χ3n) is 4.27. The van der Waals surface area contributed by atoms with Crippen LogP contribution in [0.25, 0.3) is 10.6 Å². The quantitative estimate of drug-likeness (QED) is 0.796. The largest absolute Gasteiger partial charge is 0.505 e. The third kappa shape index (κ3) is 3.09. The highest BCUT2D eigenvalue weighted by molar-refractivity contribution is 7.13. The fourth-order valence-corrected chi connectivity index (χ4v) is 3.31. The zero-order valence-corrected chi connectivity index (χ0v) is 14.5. The summed E-state index contributed by atoms with van der Waals surface area (Å²) in [7, 11) is 0. The molecule has 2 heterocycles. The Bertz CT molecular complexity index is 886. The first-order chi connectivity index (χ1) is 12.2. The van der Waals surface area contributed by atoms with Gasteiger partial charge in [-0.15, -0.1) is 11.3 Å². The molecule has 2 aromatic rings. The van der Waals surface area contributed by atoms with Crippen LogP contribution in [0.4, 0.5) is 13.2 Å². The molecular formula is C16H15F3N2O4S. The molecule has 0 aliphatic heterocycles. The molecule has 10 heteroatoms. The number of aromatic nitrogens is 2. The standard InChI is InChI=1S/C16H15F3N2O4S/c1-2-25-14(24)10-12(22)11(9-4-3-7-26-9)20-21(13(10)23)8-15(5-6-15)16(17,18)19/h3-4,7,22H,2,5-6,8H2,1H3. The van der Waals surface area contributed by atoms with Crippen molar-refractivity contribution in [3.8, 4) is 16.3 Å². The van der Waals surface area contributed by atoms with Crippen molar-refractivity contribution in [3.05, 3.63) is 33.4 Å². The molecule has 0 radical (unpaired) electrons. The number of ether oxygens (including phenoxy) is 1. The van der Waals surface area contributed by atoms with Crippen LogP contribution in [-0.4, -0.2) is 33.6 Å². The zero-order valence-electron chi connectivity index (χ0n) is 13.7. The lowest BCUT2D eigenvalue weighted by Gasteiger charge is -2.20. The minimum absolute atomic E-state index is 0.0547. The predicted octanol–water partition coefficient (Wildman–Crippen LogP) is 3.20. The molecule has 0 spiro atoms. The molecule has 0 unspecified atom stereocenters. The maximum Gasteiger partial charge on any atom is 0.396 e. The highest BCUT2D eigenvalue weighted by Crippen LogP contribution is 2.58. The first kappa shape index (κ1) is 18.4. The highest BCUT2D eigenvalue weighted by Gasteiger charge is 2.63. The van der Waals surface area contributed by atoms with E-state index in [9.17, 15) is 27.9 Å². The minimum Gasteiger partial charge on any atom is -0.505 e.